The Hall–Kier alpha value is -2.61. The third kappa shape index (κ3) is 5.95. The fourth-order valence-electron chi connectivity index (χ4n) is 3.37. The van der Waals surface area contributed by atoms with E-state index < -0.39 is 0 Å². The van der Waals surface area contributed by atoms with Crippen LogP contribution in [-0.4, -0.2) is 11.6 Å². The second kappa shape index (κ2) is 10.7. The lowest BCUT2D eigenvalue weighted by atomic mass is 10.0. The Morgan fingerprint density at radius 2 is 1.32 bits per heavy atom. The molecule has 2 heteroatoms. The molecular formula is C26H31NO. The lowest BCUT2D eigenvalue weighted by Gasteiger charge is -2.07. The number of nitrogens with zero attached hydrogens (tertiary/aromatic N) is 1. The number of rotatable bonds is 10. The van der Waals surface area contributed by atoms with E-state index in [2.05, 4.69) is 66.6 Å². The Morgan fingerprint density at radius 1 is 0.679 bits per heavy atom. The maximum Gasteiger partial charge on any atom is 0.119 e. The average Bonchev–Trinajstić information content (AvgIpc) is 2.75. The van der Waals surface area contributed by atoms with E-state index in [1.165, 1.54) is 47.2 Å². The molecule has 0 amide bonds. The van der Waals surface area contributed by atoms with Crippen molar-refractivity contribution in [2.75, 3.05) is 6.61 Å². The normalized spacial score (nSPS) is 10.8. The summed E-state index contributed by atoms with van der Waals surface area (Å²) in [7, 11) is 0. The number of ether oxygens (including phenoxy) is 1. The molecule has 0 aliphatic rings. The lowest BCUT2D eigenvalue weighted by Crippen LogP contribution is -1.95. The molecule has 3 rings (SSSR count). The van der Waals surface area contributed by atoms with Gasteiger partial charge >= 0.3 is 0 Å². The first-order valence-corrected chi connectivity index (χ1v) is 10.5. The third-order valence-corrected chi connectivity index (χ3v) is 5.08. The SMILES string of the molecule is CCCCCc1ccc(CCc2ccc(-c3ccc(OCC)cc3)cc2)cn1. The van der Waals surface area contributed by atoms with E-state index in [0.717, 1.165) is 25.0 Å². The minimum absolute atomic E-state index is 0.700. The second-order valence-electron chi connectivity index (χ2n) is 7.27. The van der Waals surface area contributed by atoms with Gasteiger partial charge in [-0.3, -0.25) is 4.98 Å². The van der Waals surface area contributed by atoms with E-state index in [0.29, 0.717) is 6.61 Å². The van der Waals surface area contributed by atoms with E-state index in [1.54, 1.807) is 0 Å². The quantitative estimate of drug-likeness (QED) is 0.370. The number of aromatic nitrogens is 1. The van der Waals surface area contributed by atoms with Crippen molar-refractivity contribution in [3.8, 4) is 16.9 Å². The summed E-state index contributed by atoms with van der Waals surface area (Å²) in [6, 6.07) is 21.6. The minimum atomic E-state index is 0.700. The molecule has 1 heterocycles. The summed E-state index contributed by atoms with van der Waals surface area (Å²) in [4.78, 5) is 4.63. The molecule has 0 saturated heterocycles. The third-order valence-electron chi connectivity index (χ3n) is 5.08. The topological polar surface area (TPSA) is 22.1 Å². The summed E-state index contributed by atoms with van der Waals surface area (Å²) in [5, 5.41) is 0. The van der Waals surface area contributed by atoms with E-state index >= 15 is 0 Å². The Kier molecular flexibility index (Phi) is 7.66. The van der Waals surface area contributed by atoms with Crippen LogP contribution < -0.4 is 4.74 Å². The van der Waals surface area contributed by atoms with Crippen molar-refractivity contribution in [1.29, 1.82) is 0 Å². The molecule has 0 unspecified atom stereocenters. The number of aryl methyl sites for hydroxylation is 3. The van der Waals surface area contributed by atoms with Gasteiger partial charge in [-0.2, -0.15) is 0 Å². The van der Waals surface area contributed by atoms with Gasteiger partial charge in [0.1, 0.15) is 5.75 Å². The van der Waals surface area contributed by atoms with Crippen molar-refractivity contribution >= 4 is 0 Å². The predicted octanol–water partition coefficient (Wildman–Crippen LogP) is 6.67. The van der Waals surface area contributed by atoms with Gasteiger partial charge in [-0.15, -0.1) is 0 Å². The zero-order chi connectivity index (χ0) is 19.6. The van der Waals surface area contributed by atoms with Gasteiger partial charge in [-0.05, 0) is 73.1 Å². The van der Waals surface area contributed by atoms with Gasteiger partial charge in [0.25, 0.3) is 0 Å². The summed E-state index contributed by atoms with van der Waals surface area (Å²) < 4.78 is 5.52. The van der Waals surface area contributed by atoms with Gasteiger partial charge < -0.3 is 4.74 Å². The number of hydrogen-bond acceptors (Lipinski definition) is 2. The van der Waals surface area contributed by atoms with Crippen LogP contribution in [0.3, 0.4) is 0 Å². The maximum absolute atomic E-state index is 5.52. The number of unbranched alkanes of at least 4 members (excludes halogenated alkanes) is 2. The van der Waals surface area contributed by atoms with E-state index in [4.69, 9.17) is 4.74 Å². The molecule has 3 aromatic rings. The molecular weight excluding hydrogens is 342 g/mol. The molecule has 0 bridgehead atoms. The molecule has 0 fully saturated rings. The fourth-order valence-corrected chi connectivity index (χ4v) is 3.37. The Balaban J connectivity index is 1.52. The zero-order valence-corrected chi connectivity index (χ0v) is 17.2. The summed E-state index contributed by atoms with van der Waals surface area (Å²) in [6.45, 7) is 4.94. The van der Waals surface area contributed by atoms with E-state index in [1.807, 2.05) is 19.1 Å². The molecule has 1 aromatic heterocycles. The number of pyridine rings is 1. The van der Waals surface area contributed by atoms with Crippen LogP contribution in [0.5, 0.6) is 5.75 Å². The summed E-state index contributed by atoms with van der Waals surface area (Å²) in [6.07, 6.45) is 9.01. The first-order valence-electron chi connectivity index (χ1n) is 10.5. The fraction of sp³-hybridized carbons (Fsp3) is 0.346. The Bertz CT molecular complexity index is 820. The van der Waals surface area contributed by atoms with Gasteiger partial charge in [-0.25, -0.2) is 0 Å². The van der Waals surface area contributed by atoms with Gasteiger partial charge in [0.05, 0.1) is 6.61 Å². The van der Waals surface area contributed by atoms with E-state index in [-0.39, 0.29) is 0 Å². The molecule has 2 nitrogen and oxygen atoms in total. The monoisotopic (exact) mass is 373 g/mol. The van der Waals surface area contributed by atoms with Gasteiger partial charge in [0, 0.05) is 11.9 Å². The largest absolute Gasteiger partial charge is 0.494 e. The minimum Gasteiger partial charge on any atom is -0.494 e. The first kappa shape index (κ1) is 20.1. The molecule has 0 radical (unpaired) electrons. The number of benzene rings is 2. The van der Waals surface area contributed by atoms with Crippen LogP contribution in [0.2, 0.25) is 0 Å². The Morgan fingerprint density at radius 3 is 1.93 bits per heavy atom. The highest BCUT2D eigenvalue weighted by Gasteiger charge is 2.02. The van der Waals surface area contributed by atoms with Crippen LogP contribution in [0.4, 0.5) is 0 Å². The molecule has 0 N–H and O–H groups in total. The molecule has 0 spiro atoms. The molecule has 146 valence electrons. The molecule has 0 aliphatic heterocycles. The molecule has 28 heavy (non-hydrogen) atoms. The van der Waals surface area contributed by atoms with Crippen molar-refractivity contribution in [3.05, 3.63) is 83.7 Å². The highest BCUT2D eigenvalue weighted by Crippen LogP contribution is 2.23. The Labute approximate surface area is 169 Å². The van der Waals surface area contributed by atoms with Crippen LogP contribution in [0.25, 0.3) is 11.1 Å². The predicted molar refractivity (Wildman–Crippen MR) is 118 cm³/mol. The molecule has 0 aliphatic carbocycles. The average molecular weight is 374 g/mol. The maximum atomic E-state index is 5.52. The molecule has 0 saturated carbocycles. The highest BCUT2D eigenvalue weighted by molar-refractivity contribution is 5.64. The molecule has 0 atom stereocenters. The van der Waals surface area contributed by atoms with Gasteiger partial charge in [0.15, 0.2) is 0 Å². The first-order chi connectivity index (χ1) is 13.8. The van der Waals surface area contributed by atoms with Gasteiger partial charge in [-0.1, -0.05) is 62.2 Å². The van der Waals surface area contributed by atoms with E-state index in [9.17, 15) is 0 Å². The summed E-state index contributed by atoms with van der Waals surface area (Å²) in [5.41, 5.74) is 6.36. The van der Waals surface area contributed by atoms with Crippen LogP contribution in [0.15, 0.2) is 66.9 Å². The van der Waals surface area contributed by atoms with Crippen LogP contribution in [-0.2, 0) is 19.3 Å². The summed E-state index contributed by atoms with van der Waals surface area (Å²) in [5.74, 6) is 0.924. The van der Waals surface area contributed by atoms with Crippen molar-refractivity contribution in [2.24, 2.45) is 0 Å². The number of hydrogen-bond donors (Lipinski definition) is 0. The molecule has 2 aromatic carbocycles. The van der Waals surface area contributed by atoms with Crippen LogP contribution in [0, 0.1) is 0 Å². The van der Waals surface area contributed by atoms with Crippen molar-refractivity contribution in [2.45, 2.75) is 52.4 Å². The van der Waals surface area contributed by atoms with Gasteiger partial charge in [0.2, 0.25) is 0 Å². The van der Waals surface area contributed by atoms with Crippen molar-refractivity contribution in [3.63, 3.8) is 0 Å². The standard InChI is InChI=1S/C26H31NO/c1-3-5-6-7-25-17-12-22(20-27-25)9-8-21-10-13-23(14-11-21)24-15-18-26(19-16-24)28-4-2/h10-20H,3-9H2,1-2H3. The second-order valence-corrected chi connectivity index (χ2v) is 7.27. The van der Waals surface area contributed by atoms with Crippen molar-refractivity contribution in [1.82, 2.24) is 4.98 Å². The van der Waals surface area contributed by atoms with Crippen LogP contribution >= 0.6 is 0 Å². The van der Waals surface area contributed by atoms with Crippen LogP contribution in [0.1, 0.15) is 49.9 Å². The smallest absolute Gasteiger partial charge is 0.119 e. The lowest BCUT2D eigenvalue weighted by molar-refractivity contribution is 0.340. The van der Waals surface area contributed by atoms with Crippen molar-refractivity contribution < 1.29 is 4.74 Å². The highest BCUT2D eigenvalue weighted by atomic mass is 16.5. The summed E-state index contributed by atoms with van der Waals surface area (Å²) >= 11 is 0. The zero-order valence-electron chi connectivity index (χ0n) is 17.2.